The second-order valence-electron chi connectivity index (χ2n) is 4.65. The fourth-order valence-corrected chi connectivity index (χ4v) is 4.08. The van der Waals surface area contributed by atoms with Crippen LogP contribution in [0.5, 0.6) is 0 Å². The molecule has 1 aromatic heterocycles. The number of rotatable bonds is 5. The Bertz CT molecular complexity index is 739. The van der Waals surface area contributed by atoms with Gasteiger partial charge in [-0.05, 0) is 30.5 Å². The second-order valence-corrected chi connectivity index (χ2v) is 8.07. The molecular weight excluding hydrogens is 376 g/mol. The second kappa shape index (κ2) is 6.50. The van der Waals surface area contributed by atoms with Gasteiger partial charge in [0.2, 0.25) is 0 Å². The van der Waals surface area contributed by atoms with E-state index in [4.69, 9.17) is 10.7 Å². The van der Waals surface area contributed by atoms with Gasteiger partial charge in [-0.1, -0.05) is 41.9 Å². The quantitative estimate of drug-likeness (QED) is 0.729. The van der Waals surface area contributed by atoms with Crippen LogP contribution < -0.4 is 0 Å². The van der Waals surface area contributed by atoms with Crippen molar-refractivity contribution in [1.82, 2.24) is 9.78 Å². The van der Waals surface area contributed by atoms with Crippen molar-refractivity contribution in [1.29, 1.82) is 0 Å². The van der Waals surface area contributed by atoms with Crippen molar-refractivity contribution in [2.24, 2.45) is 0 Å². The molecule has 0 amide bonds. The first kappa shape index (κ1) is 16.5. The summed E-state index contributed by atoms with van der Waals surface area (Å²) < 4.78 is 26.4. The number of aromatic nitrogens is 2. The number of benzene rings is 1. The van der Waals surface area contributed by atoms with Gasteiger partial charge in [-0.25, -0.2) is 8.42 Å². The summed E-state index contributed by atoms with van der Waals surface area (Å²) in [5.74, 6) is 0. The lowest BCUT2D eigenvalue weighted by molar-refractivity contribution is 0.605. The Morgan fingerprint density at radius 1 is 1.19 bits per heavy atom. The van der Waals surface area contributed by atoms with Crippen molar-refractivity contribution >= 4 is 35.7 Å². The molecule has 0 saturated heterocycles. The summed E-state index contributed by atoms with van der Waals surface area (Å²) in [6.45, 7) is 4.30. The van der Waals surface area contributed by atoms with Gasteiger partial charge in [0.25, 0.3) is 9.05 Å². The fraction of sp³-hybridized carbons (Fsp3) is 0.357. The zero-order chi connectivity index (χ0) is 15.6. The van der Waals surface area contributed by atoms with Crippen molar-refractivity contribution in [3.63, 3.8) is 0 Å². The average molecular weight is 392 g/mol. The van der Waals surface area contributed by atoms with Gasteiger partial charge in [-0.15, -0.1) is 0 Å². The molecule has 0 atom stereocenters. The number of nitrogens with zero attached hydrogens (tertiary/aromatic N) is 2. The van der Waals surface area contributed by atoms with Crippen LogP contribution >= 0.6 is 26.6 Å². The molecule has 0 fully saturated rings. The molecule has 0 N–H and O–H groups in total. The van der Waals surface area contributed by atoms with Crippen LogP contribution in [0.2, 0.25) is 0 Å². The smallest absolute Gasteiger partial charge is 0.263 e. The van der Waals surface area contributed by atoms with Crippen molar-refractivity contribution in [2.75, 3.05) is 0 Å². The minimum Gasteiger partial charge on any atom is -0.263 e. The average Bonchev–Trinajstić information content (AvgIpc) is 2.79. The molecule has 0 aliphatic rings. The van der Waals surface area contributed by atoms with E-state index < -0.39 is 9.05 Å². The van der Waals surface area contributed by atoms with Crippen LogP contribution in [0.1, 0.15) is 30.8 Å². The van der Waals surface area contributed by atoms with E-state index in [0.717, 1.165) is 10.0 Å². The zero-order valence-corrected chi connectivity index (χ0v) is 15.0. The first-order valence-electron chi connectivity index (χ1n) is 6.64. The van der Waals surface area contributed by atoms with Crippen LogP contribution in [-0.2, 0) is 28.4 Å². The lowest BCUT2D eigenvalue weighted by Gasteiger charge is -2.07. The van der Waals surface area contributed by atoms with E-state index >= 15 is 0 Å². The molecule has 114 valence electrons. The Morgan fingerprint density at radius 2 is 1.81 bits per heavy atom. The summed E-state index contributed by atoms with van der Waals surface area (Å²) in [7, 11) is 1.79. The van der Waals surface area contributed by atoms with Crippen LogP contribution in [0.4, 0.5) is 0 Å². The third-order valence-corrected chi connectivity index (χ3v) is 5.19. The molecule has 0 spiro atoms. The molecule has 0 saturated carbocycles. The number of halogens is 2. The highest BCUT2D eigenvalue weighted by molar-refractivity contribution is 9.10. The highest BCUT2D eigenvalue weighted by atomic mass is 79.9. The minimum absolute atomic E-state index is 0.172. The SMILES string of the molecule is CCc1nn(Cc2ccc(Br)cc2)c(CC)c1S(=O)(=O)Cl. The lowest BCUT2D eigenvalue weighted by Crippen LogP contribution is -2.07. The summed E-state index contributed by atoms with van der Waals surface area (Å²) in [6, 6.07) is 7.85. The molecule has 2 aromatic rings. The van der Waals surface area contributed by atoms with Crippen molar-refractivity contribution < 1.29 is 8.42 Å². The molecular formula is C14H16BrClN2O2S. The molecule has 0 aliphatic carbocycles. The largest absolute Gasteiger partial charge is 0.264 e. The van der Waals surface area contributed by atoms with Crippen LogP contribution in [0, 0.1) is 0 Å². The summed E-state index contributed by atoms with van der Waals surface area (Å²) in [5.41, 5.74) is 2.24. The topological polar surface area (TPSA) is 52.0 Å². The number of hydrogen-bond acceptors (Lipinski definition) is 3. The van der Waals surface area contributed by atoms with Gasteiger partial charge < -0.3 is 0 Å². The Kier molecular flexibility index (Phi) is 5.11. The first-order valence-corrected chi connectivity index (χ1v) is 9.74. The van der Waals surface area contributed by atoms with E-state index in [-0.39, 0.29) is 4.90 Å². The van der Waals surface area contributed by atoms with Gasteiger partial charge in [0.05, 0.1) is 17.9 Å². The van der Waals surface area contributed by atoms with Crippen LogP contribution in [0.3, 0.4) is 0 Å². The van der Waals surface area contributed by atoms with Crippen LogP contribution in [-0.4, -0.2) is 18.2 Å². The summed E-state index contributed by atoms with van der Waals surface area (Å²) in [6.07, 6.45) is 1.09. The van der Waals surface area contributed by atoms with E-state index in [2.05, 4.69) is 21.0 Å². The third kappa shape index (κ3) is 3.67. The van der Waals surface area contributed by atoms with E-state index in [1.54, 1.807) is 4.68 Å². The van der Waals surface area contributed by atoms with Crippen molar-refractivity contribution in [3.05, 3.63) is 45.7 Å². The van der Waals surface area contributed by atoms with Gasteiger partial charge >= 0.3 is 0 Å². The van der Waals surface area contributed by atoms with Gasteiger partial charge in [-0.2, -0.15) is 5.10 Å². The molecule has 0 radical (unpaired) electrons. The Labute approximate surface area is 137 Å². The normalized spacial score (nSPS) is 11.8. The van der Waals surface area contributed by atoms with Crippen molar-refractivity contribution in [3.8, 4) is 0 Å². The summed E-state index contributed by atoms with van der Waals surface area (Å²) in [4.78, 5) is 0.172. The Morgan fingerprint density at radius 3 is 2.29 bits per heavy atom. The van der Waals surface area contributed by atoms with E-state index in [1.165, 1.54) is 0 Å². The summed E-state index contributed by atoms with van der Waals surface area (Å²) >= 11 is 3.39. The maximum Gasteiger partial charge on any atom is 0.264 e. The Balaban J connectivity index is 2.49. The number of hydrogen-bond donors (Lipinski definition) is 0. The molecule has 0 bridgehead atoms. The highest BCUT2D eigenvalue weighted by Gasteiger charge is 2.25. The minimum atomic E-state index is -3.79. The predicted molar refractivity (Wildman–Crippen MR) is 87.3 cm³/mol. The van der Waals surface area contributed by atoms with E-state index in [0.29, 0.717) is 30.8 Å². The van der Waals surface area contributed by atoms with Gasteiger partial charge in [-0.3, -0.25) is 4.68 Å². The molecule has 0 aliphatic heterocycles. The molecule has 7 heteroatoms. The predicted octanol–water partition coefficient (Wildman–Crippen LogP) is 3.75. The zero-order valence-electron chi connectivity index (χ0n) is 11.8. The Hall–Kier alpha value is -0.850. The van der Waals surface area contributed by atoms with Gasteiger partial charge in [0, 0.05) is 15.2 Å². The number of aryl methyl sites for hydroxylation is 1. The van der Waals surface area contributed by atoms with E-state index in [1.807, 2.05) is 38.1 Å². The van der Waals surface area contributed by atoms with Gasteiger partial charge in [0.1, 0.15) is 4.90 Å². The maximum atomic E-state index is 11.8. The fourth-order valence-electron chi connectivity index (χ4n) is 2.28. The standard InChI is InChI=1S/C14H16BrClN2O2S/c1-3-12-14(21(16,19)20)13(4-2)18(17-12)9-10-5-7-11(15)8-6-10/h5-8H,3-4,9H2,1-2H3. The first-order chi connectivity index (χ1) is 9.86. The van der Waals surface area contributed by atoms with Gasteiger partial charge in [0.15, 0.2) is 0 Å². The molecule has 1 aromatic carbocycles. The molecule has 2 rings (SSSR count). The maximum absolute atomic E-state index is 11.8. The molecule has 1 heterocycles. The van der Waals surface area contributed by atoms with Crippen LogP contribution in [0.25, 0.3) is 0 Å². The molecule has 21 heavy (non-hydrogen) atoms. The summed E-state index contributed by atoms with van der Waals surface area (Å²) in [5, 5.41) is 4.42. The van der Waals surface area contributed by atoms with Crippen LogP contribution in [0.15, 0.2) is 33.6 Å². The lowest BCUT2D eigenvalue weighted by atomic mass is 10.2. The van der Waals surface area contributed by atoms with Crippen molar-refractivity contribution in [2.45, 2.75) is 38.1 Å². The third-order valence-electron chi connectivity index (χ3n) is 3.24. The monoisotopic (exact) mass is 390 g/mol. The van der Waals surface area contributed by atoms with E-state index in [9.17, 15) is 8.42 Å². The molecule has 0 unspecified atom stereocenters. The molecule has 4 nitrogen and oxygen atoms in total. The highest BCUT2D eigenvalue weighted by Crippen LogP contribution is 2.26.